The van der Waals surface area contributed by atoms with E-state index in [1.54, 1.807) is 0 Å². The van der Waals surface area contributed by atoms with Gasteiger partial charge in [-0.2, -0.15) is 0 Å². The lowest BCUT2D eigenvalue weighted by Crippen LogP contribution is -2.56. The van der Waals surface area contributed by atoms with Gasteiger partial charge in [0.1, 0.15) is 0 Å². The summed E-state index contributed by atoms with van der Waals surface area (Å²) in [6.45, 7) is 5.42. The monoisotopic (exact) mass is 666 g/mol. The number of benzene rings is 1. The van der Waals surface area contributed by atoms with Crippen molar-refractivity contribution in [2.45, 2.75) is 113 Å². The molecule has 0 amide bonds. The number of fused-ring (bicyclic) bond motifs is 2. The van der Waals surface area contributed by atoms with Crippen molar-refractivity contribution in [3.8, 4) is 11.8 Å². The van der Waals surface area contributed by atoms with E-state index in [1.165, 1.54) is 24.6 Å². The first-order chi connectivity index (χ1) is 23.8. The summed E-state index contributed by atoms with van der Waals surface area (Å²) >= 11 is 0. The number of hydrogen-bond donors (Lipinski definition) is 7. The number of aliphatic hydroxyl groups excluding tert-OH is 2. The number of aliphatic hydroxyl groups is 4. The Morgan fingerprint density at radius 3 is 2.65 bits per heavy atom. The van der Waals surface area contributed by atoms with Gasteiger partial charge >= 0.3 is 0 Å². The van der Waals surface area contributed by atoms with Crippen molar-refractivity contribution in [3.63, 3.8) is 0 Å². The van der Waals surface area contributed by atoms with Gasteiger partial charge in [-0.05, 0) is 92.1 Å². The highest BCUT2D eigenvalue weighted by Crippen LogP contribution is 2.71. The largest absolute Gasteiger partial charge is 0.396 e. The molecule has 8 nitrogen and oxygen atoms in total. The number of aromatic nitrogens is 1. The quantitative estimate of drug-likeness (QED) is 0.0716. The molecule has 4 fully saturated rings. The number of nitrogens with one attached hydrogen (secondary N) is 3. The molecule has 0 unspecified atom stereocenters. The molecule has 1 aromatic heterocycles. The van der Waals surface area contributed by atoms with Crippen LogP contribution in [0.15, 0.2) is 59.6 Å². The minimum absolute atomic E-state index is 0.0145. The molecule has 1 aromatic carbocycles. The SMILES string of the molecule is C=C(Cc1cc2ccccc2[nH]1)[C@]12CC#C[C@@H](NC(=NCCCO)NC3CCCCC3)C[C@@]3(O)[C@H]4[C@H]1CC[C@@H]1[C@@H]2C=CC[C@]1(O)[C@H]4C[C@@H]3O. The zero-order chi connectivity index (χ0) is 33.8. The minimum atomic E-state index is -1.44. The minimum Gasteiger partial charge on any atom is -0.396 e. The van der Waals surface area contributed by atoms with E-state index in [-0.39, 0.29) is 42.6 Å². The van der Waals surface area contributed by atoms with E-state index in [2.05, 4.69) is 63.9 Å². The van der Waals surface area contributed by atoms with Crippen LogP contribution in [0.4, 0.5) is 0 Å². The lowest BCUT2D eigenvalue weighted by atomic mass is 9.48. The van der Waals surface area contributed by atoms with Gasteiger partial charge in [0.2, 0.25) is 0 Å². The number of allylic oxidation sites excluding steroid dienone is 2. The van der Waals surface area contributed by atoms with Crippen LogP contribution in [-0.2, 0) is 6.42 Å². The number of aliphatic imine (C=N–C) groups is 1. The summed E-state index contributed by atoms with van der Waals surface area (Å²) in [5, 5.41) is 55.6. The lowest BCUT2D eigenvalue weighted by Gasteiger charge is -2.56. The van der Waals surface area contributed by atoms with E-state index >= 15 is 0 Å². The van der Waals surface area contributed by atoms with Crippen molar-refractivity contribution in [2.24, 2.45) is 40.0 Å². The topological polar surface area (TPSA) is 133 Å². The highest BCUT2D eigenvalue weighted by Gasteiger charge is 2.72. The third kappa shape index (κ3) is 5.47. The predicted octanol–water partition coefficient (Wildman–Crippen LogP) is 4.74. The molecule has 6 bridgehead atoms. The van der Waals surface area contributed by atoms with Crippen molar-refractivity contribution in [2.75, 3.05) is 13.2 Å². The Bertz CT molecular complexity index is 1650. The van der Waals surface area contributed by atoms with Crippen LogP contribution in [0.2, 0.25) is 0 Å². The fraction of sp³-hybridized carbons (Fsp3) is 0.634. The molecule has 0 saturated heterocycles. The van der Waals surface area contributed by atoms with Crippen molar-refractivity contribution < 1.29 is 20.4 Å². The first-order valence-electron chi connectivity index (χ1n) is 19.0. The van der Waals surface area contributed by atoms with Crippen LogP contribution in [0.25, 0.3) is 10.9 Å². The molecule has 6 aliphatic carbocycles. The Balaban J connectivity index is 1.20. The predicted molar refractivity (Wildman–Crippen MR) is 192 cm³/mol. The first kappa shape index (κ1) is 33.1. The molecule has 0 aliphatic heterocycles. The van der Waals surface area contributed by atoms with Crippen molar-refractivity contribution in [1.29, 1.82) is 0 Å². The van der Waals surface area contributed by atoms with Gasteiger partial charge in [-0.25, -0.2) is 0 Å². The number of guanidine groups is 1. The average Bonchev–Trinajstić information content (AvgIpc) is 3.58. The number of aromatic amines is 1. The maximum absolute atomic E-state index is 13.0. The lowest BCUT2D eigenvalue weighted by molar-refractivity contribution is -0.124. The number of para-hydroxylation sites is 1. The van der Waals surface area contributed by atoms with Gasteiger partial charge in [-0.1, -0.05) is 67.7 Å². The normalized spacial score (nSPS) is 39.8. The molecule has 262 valence electrons. The fourth-order valence-electron chi connectivity index (χ4n) is 11.6. The highest BCUT2D eigenvalue weighted by molar-refractivity contribution is 5.81. The van der Waals surface area contributed by atoms with Crippen LogP contribution in [0.1, 0.15) is 82.7 Å². The number of hydrogen-bond acceptors (Lipinski definition) is 5. The summed E-state index contributed by atoms with van der Waals surface area (Å²) in [6.07, 6.45) is 14.1. The van der Waals surface area contributed by atoms with Gasteiger partial charge in [-0.3, -0.25) is 4.99 Å². The number of nitrogens with zero attached hydrogens (tertiary/aromatic N) is 1. The van der Waals surface area contributed by atoms with E-state index in [9.17, 15) is 20.4 Å². The van der Waals surface area contributed by atoms with Crippen LogP contribution in [0.3, 0.4) is 0 Å². The van der Waals surface area contributed by atoms with Crippen LogP contribution >= 0.6 is 0 Å². The molecule has 0 spiro atoms. The van der Waals surface area contributed by atoms with Crippen LogP contribution in [0.5, 0.6) is 0 Å². The molecular weight excluding hydrogens is 612 g/mol. The number of H-pyrrole nitrogens is 1. The van der Waals surface area contributed by atoms with Crippen LogP contribution < -0.4 is 10.6 Å². The Morgan fingerprint density at radius 1 is 1.02 bits per heavy atom. The van der Waals surface area contributed by atoms with Crippen molar-refractivity contribution in [1.82, 2.24) is 15.6 Å². The Morgan fingerprint density at radius 2 is 1.84 bits per heavy atom. The van der Waals surface area contributed by atoms with Gasteiger partial charge in [0.15, 0.2) is 5.96 Å². The summed E-state index contributed by atoms with van der Waals surface area (Å²) < 4.78 is 0. The molecule has 8 rings (SSSR count). The number of rotatable bonds is 8. The molecule has 10 atom stereocenters. The zero-order valence-corrected chi connectivity index (χ0v) is 28.7. The third-order valence-electron chi connectivity index (χ3n) is 13.7. The van der Waals surface area contributed by atoms with Gasteiger partial charge in [0.05, 0.1) is 23.3 Å². The van der Waals surface area contributed by atoms with E-state index < -0.39 is 28.8 Å². The van der Waals surface area contributed by atoms with E-state index in [0.717, 1.165) is 42.5 Å². The summed E-state index contributed by atoms with van der Waals surface area (Å²) in [6, 6.07) is 10.4. The van der Waals surface area contributed by atoms with Gasteiger partial charge in [0, 0.05) is 55.1 Å². The molecule has 2 aromatic rings. The summed E-state index contributed by atoms with van der Waals surface area (Å²) in [4.78, 5) is 8.45. The molecule has 8 heteroatoms. The Kier molecular flexibility index (Phi) is 8.71. The Labute approximate surface area is 290 Å². The maximum Gasteiger partial charge on any atom is 0.192 e. The highest BCUT2D eigenvalue weighted by atomic mass is 16.3. The molecular formula is C41H54N4O4. The summed E-state index contributed by atoms with van der Waals surface area (Å²) in [7, 11) is 0. The average molecular weight is 667 g/mol. The van der Waals surface area contributed by atoms with Crippen LogP contribution in [0, 0.1) is 46.8 Å². The Hall–Kier alpha value is -3.09. The molecule has 6 aliphatic rings. The molecule has 1 heterocycles. The molecule has 4 saturated carbocycles. The standard InChI is InChI=1S/C41H54N4O4/c1-26(22-30-23-27-10-5-6-15-35(27)43-30)39-18-7-13-29(45-38(42-20-9-21-46)44-28-11-3-2-4-12-28)25-41(49)36(47)24-34-37(41)33(39)17-16-32-31(39)14-8-19-40(32,34)48/h5-6,8,10,14-15,23,28-29,31-34,36-37,43,46-49H,1-4,9,11-12,16-22,24-25H2,(H2,42,44,45)/t29-,31+,32-,33-,34+,36+,37+,39+,40-,41+/m1/s1. The van der Waals surface area contributed by atoms with Crippen molar-refractivity contribution >= 4 is 16.9 Å². The summed E-state index contributed by atoms with van der Waals surface area (Å²) in [5.41, 5.74) is 0.404. The van der Waals surface area contributed by atoms with Gasteiger partial charge < -0.3 is 36.0 Å². The molecule has 49 heavy (non-hydrogen) atoms. The van der Waals surface area contributed by atoms with E-state index in [1.807, 2.05) is 6.07 Å². The fourth-order valence-corrected chi connectivity index (χ4v) is 11.6. The third-order valence-corrected chi connectivity index (χ3v) is 13.7. The van der Waals surface area contributed by atoms with E-state index in [0.29, 0.717) is 50.7 Å². The van der Waals surface area contributed by atoms with Gasteiger partial charge in [0.25, 0.3) is 0 Å². The van der Waals surface area contributed by atoms with E-state index in [4.69, 9.17) is 11.6 Å². The zero-order valence-electron chi connectivity index (χ0n) is 28.7. The summed E-state index contributed by atoms with van der Waals surface area (Å²) in [5.74, 6) is 7.41. The molecule has 7 N–H and O–H groups in total. The first-order valence-corrected chi connectivity index (χ1v) is 19.0. The molecule has 0 radical (unpaired) electrons. The maximum atomic E-state index is 13.0. The smallest absolute Gasteiger partial charge is 0.192 e. The van der Waals surface area contributed by atoms with Gasteiger partial charge in [-0.15, -0.1) is 5.92 Å². The second-order valence-corrected chi connectivity index (χ2v) is 16.2. The second-order valence-electron chi connectivity index (χ2n) is 16.2. The second kappa shape index (κ2) is 12.9. The van der Waals surface area contributed by atoms with Crippen LogP contribution in [-0.4, -0.2) is 73.9 Å². The van der Waals surface area contributed by atoms with Crippen molar-refractivity contribution in [3.05, 3.63) is 60.3 Å².